The summed E-state index contributed by atoms with van der Waals surface area (Å²) in [6.07, 6.45) is 11.6. The predicted molar refractivity (Wildman–Crippen MR) is 60.0 cm³/mol. The molecule has 1 rings (SSSR count). The van der Waals surface area contributed by atoms with E-state index in [4.69, 9.17) is 0 Å². The van der Waals surface area contributed by atoms with E-state index in [1.54, 1.807) is 6.21 Å². The fraction of sp³-hybridized carbons (Fsp3) is 0.900. The fourth-order valence-corrected chi connectivity index (χ4v) is 1.51. The maximum atomic E-state index is 3.87. The van der Waals surface area contributed by atoms with Crippen LogP contribution >= 0.6 is 0 Å². The summed E-state index contributed by atoms with van der Waals surface area (Å²) in [7, 11) is 0. The summed E-state index contributed by atoms with van der Waals surface area (Å²) >= 11 is 0. The Morgan fingerprint density at radius 2 is 1.40 bits per heavy atom. The first-order valence-corrected chi connectivity index (χ1v) is 5.78. The molecule has 1 aliphatic heterocycles. The molecule has 0 aliphatic carbocycles. The quantitative estimate of drug-likeness (QED) is 0.580. The van der Waals surface area contributed by atoms with Crippen LogP contribution < -0.4 is 0 Å². The first kappa shape index (κ1) is 11.9. The summed E-state index contributed by atoms with van der Waals surface area (Å²) in [5, 5.41) is 18.2. The molecule has 5 heteroatoms. The fourth-order valence-electron chi connectivity index (χ4n) is 1.51. The van der Waals surface area contributed by atoms with Gasteiger partial charge in [0.05, 0.1) is 6.54 Å². The van der Waals surface area contributed by atoms with Crippen molar-refractivity contribution < 1.29 is 0 Å². The van der Waals surface area contributed by atoms with Crippen LogP contribution in [-0.2, 0) is 0 Å². The summed E-state index contributed by atoms with van der Waals surface area (Å²) in [4.78, 5) is 0. The topological polar surface area (TPSA) is 61.8 Å². The van der Waals surface area contributed by atoms with E-state index in [1.807, 2.05) is 0 Å². The van der Waals surface area contributed by atoms with Gasteiger partial charge < -0.3 is 0 Å². The first-order valence-electron chi connectivity index (χ1n) is 5.78. The maximum Gasteiger partial charge on any atom is 0.0621 e. The van der Waals surface area contributed by atoms with Gasteiger partial charge >= 0.3 is 0 Å². The molecule has 0 N–H and O–H groups in total. The molecule has 0 fully saturated rings. The third-order valence-electron chi connectivity index (χ3n) is 2.37. The van der Waals surface area contributed by atoms with Crippen molar-refractivity contribution in [3.8, 4) is 0 Å². The molecule has 0 radical (unpaired) electrons. The Morgan fingerprint density at radius 1 is 0.667 bits per heavy atom. The average Bonchev–Trinajstić information content (AvgIpc) is 2.27. The highest BCUT2D eigenvalue weighted by molar-refractivity contribution is 5.56. The van der Waals surface area contributed by atoms with Crippen LogP contribution in [-0.4, -0.2) is 12.8 Å². The Balaban J connectivity index is 2.25. The molecule has 0 bridgehead atoms. The van der Waals surface area contributed by atoms with Crippen molar-refractivity contribution in [1.29, 1.82) is 0 Å². The van der Waals surface area contributed by atoms with Crippen LogP contribution in [0.25, 0.3) is 0 Å². The van der Waals surface area contributed by atoms with Crippen molar-refractivity contribution in [3.05, 3.63) is 0 Å². The Morgan fingerprint density at radius 3 is 2.27 bits per heavy atom. The average molecular weight is 209 g/mol. The summed E-state index contributed by atoms with van der Waals surface area (Å²) in [6.45, 7) is 0.753. The highest BCUT2D eigenvalue weighted by Gasteiger charge is 1.91. The van der Waals surface area contributed by atoms with Gasteiger partial charge in [0.25, 0.3) is 0 Å². The van der Waals surface area contributed by atoms with E-state index in [2.05, 4.69) is 25.9 Å². The summed E-state index contributed by atoms with van der Waals surface area (Å²) < 4.78 is 0. The van der Waals surface area contributed by atoms with E-state index in [-0.39, 0.29) is 0 Å². The van der Waals surface area contributed by atoms with Crippen LogP contribution in [0.1, 0.15) is 51.4 Å². The number of rotatable bonds is 0. The molecular formula is C10H19N5. The molecule has 0 unspecified atom stereocenters. The van der Waals surface area contributed by atoms with Crippen LogP contribution in [0.15, 0.2) is 25.9 Å². The molecule has 1 aliphatic rings. The van der Waals surface area contributed by atoms with E-state index >= 15 is 0 Å². The van der Waals surface area contributed by atoms with Gasteiger partial charge in [-0.2, -0.15) is 5.11 Å². The lowest BCUT2D eigenvalue weighted by molar-refractivity contribution is 0.584. The van der Waals surface area contributed by atoms with Crippen molar-refractivity contribution in [2.75, 3.05) is 6.54 Å². The zero-order valence-corrected chi connectivity index (χ0v) is 9.18. The summed E-state index contributed by atoms with van der Waals surface area (Å²) in [5.74, 6) is 0. The molecule has 0 aromatic carbocycles. The third-order valence-corrected chi connectivity index (χ3v) is 2.37. The Labute approximate surface area is 90.7 Å². The molecule has 15 heavy (non-hydrogen) atoms. The van der Waals surface area contributed by atoms with E-state index < -0.39 is 0 Å². The van der Waals surface area contributed by atoms with E-state index in [1.165, 1.54) is 38.5 Å². The highest BCUT2D eigenvalue weighted by atomic mass is 15.5. The van der Waals surface area contributed by atoms with Gasteiger partial charge in [0.15, 0.2) is 0 Å². The molecule has 1 heterocycles. The Hall–Kier alpha value is -1.13. The van der Waals surface area contributed by atoms with E-state index in [0.717, 1.165) is 19.4 Å². The van der Waals surface area contributed by atoms with Gasteiger partial charge in [-0.25, -0.2) is 0 Å². The van der Waals surface area contributed by atoms with Gasteiger partial charge in [-0.3, -0.25) is 0 Å². The van der Waals surface area contributed by atoms with Crippen molar-refractivity contribution in [2.45, 2.75) is 51.4 Å². The maximum absolute atomic E-state index is 3.87. The van der Waals surface area contributed by atoms with Gasteiger partial charge in [0.2, 0.25) is 0 Å². The van der Waals surface area contributed by atoms with Crippen molar-refractivity contribution >= 4 is 6.21 Å². The van der Waals surface area contributed by atoms with Crippen molar-refractivity contribution in [1.82, 2.24) is 0 Å². The molecule has 84 valence electrons. The molecule has 0 amide bonds. The zero-order chi connectivity index (χ0) is 10.6. The number of hydrogen-bond acceptors (Lipinski definition) is 5. The minimum atomic E-state index is 0.753. The van der Waals surface area contributed by atoms with Gasteiger partial charge in [-0.15, -0.1) is 5.10 Å². The SMILES string of the molecule is C1=N/N=N\N=NCCCCCCCCC1. The van der Waals surface area contributed by atoms with Crippen LogP contribution in [0.2, 0.25) is 0 Å². The third kappa shape index (κ3) is 7.90. The molecule has 0 aromatic rings. The van der Waals surface area contributed by atoms with Gasteiger partial charge in [-0.1, -0.05) is 32.1 Å². The lowest BCUT2D eigenvalue weighted by atomic mass is 10.1. The number of nitrogens with zero attached hydrogens (tertiary/aromatic N) is 5. The molecule has 0 atom stereocenters. The minimum Gasteiger partial charge on any atom is -0.167 e. The highest BCUT2D eigenvalue weighted by Crippen LogP contribution is 2.08. The van der Waals surface area contributed by atoms with Crippen LogP contribution in [0, 0.1) is 0 Å². The van der Waals surface area contributed by atoms with Gasteiger partial charge in [0.1, 0.15) is 0 Å². The smallest absolute Gasteiger partial charge is 0.0621 e. The molecule has 0 saturated heterocycles. The van der Waals surface area contributed by atoms with E-state index in [0.29, 0.717) is 0 Å². The second kappa shape index (κ2) is 9.43. The largest absolute Gasteiger partial charge is 0.167 e. The zero-order valence-electron chi connectivity index (χ0n) is 9.18. The summed E-state index contributed by atoms with van der Waals surface area (Å²) in [5.41, 5.74) is 0. The first-order chi connectivity index (χ1) is 7.50. The van der Waals surface area contributed by atoms with Crippen LogP contribution in [0.3, 0.4) is 0 Å². The lowest BCUT2D eigenvalue weighted by Crippen LogP contribution is -1.83. The molecule has 0 aromatic heterocycles. The van der Waals surface area contributed by atoms with E-state index in [9.17, 15) is 0 Å². The number of hydrogen-bond donors (Lipinski definition) is 0. The Kier molecular flexibility index (Phi) is 7.50. The summed E-state index contributed by atoms with van der Waals surface area (Å²) in [6, 6.07) is 0. The molecule has 5 nitrogen and oxygen atoms in total. The lowest BCUT2D eigenvalue weighted by Gasteiger charge is -1.98. The second-order valence-electron chi connectivity index (χ2n) is 3.69. The Bertz CT molecular complexity index is 200. The standard InChI is InChI=1S/C10H19N5/c1-2-4-6-8-10-12-14-15-13-11-9-7-5-3-1/h9H,1-8,10H2/b11-9?,14-12?,15-13-. The second-order valence-corrected chi connectivity index (χ2v) is 3.69. The molecular weight excluding hydrogens is 190 g/mol. The van der Waals surface area contributed by atoms with Crippen molar-refractivity contribution in [2.24, 2.45) is 25.9 Å². The van der Waals surface area contributed by atoms with Gasteiger partial charge in [-0.05, 0) is 34.9 Å². The van der Waals surface area contributed by atoms with Crippen molar-refractivity contribution in [3.63, 3.8) is 0 Å². The van der Waals surface area contributed by atoms with Crippen LogP contribution in [0.5, 0.6) is 0 Å². The van der Waals surface area contributed by atoms with Gasteiger partial charge in [0, 0.05) is 6.21 Å². The van der Waals surface area contributed by atoms with Crippen LogP contribution in [0.4, 0.5) is 0 Å². The minimum absolute atomic E-state index is 0.753. The molecule has 0 spiro atoms. The molecule has 0 saturated carbocycles. The normalized spacial score (nSPS) is 22.9. The predicted octanol–water partition coefficient (Wildman–Crippen LogP) is 3.93. The monoisotopic (exact) mass is 209 g/mol.